The highest BCUT2D eigenvalue weighted by Crippen LogP contribution is 2.65. The summed E-state index contributed by atoms with van der Waals surface area (Å²) < 4.78 is 0. The summed E-state index contributed by atoms with van der Waals surface area (Å²) in [5, 5.41) is 14.2. The van der Waals surface area contributed by atoms with Gasteiger partial charge in [0.25, 0.3) is 11.6 Å². The van der Waals surface area contributed by atoms with Crippen LogP contribution in [-0.4, -0.2) is 17.4 Å². The van der Waals surface area contributed by atoms with Crippen LogP contribution in [0.25, 0.3) is 0 Å². The van der Waals surface area contributed by atoms with E-state index in [2.05, 4.69) is 36.5 Å². The van der Waals surface area contributed by atoms with Gasteiger partial charge in [-0.15, -0.1) is 0 Å². The second kappa shape index (κ2) is 6.93. The zero-order valence-corrected chi connectivity index (χ0v) is 17.4. The number of nitrogens with zero attached hydrogens (tertiary/aromatic N) is 1. The molecule has 4 saturated carbocycles. The second-order valence-corrected chi connectivity index (χ2v) is 10.1. The van der Waals surface area contributed by atoms with E-state index in [0.717, 1.165) is 18.3 Å². The van der Waals surface area contributed by atoms with Gasteiger partial charge in [0, 0.05) is 24.2 Å². The van der Waals surface area contributed by atoms with Crippen molar-refractivity contribution in [3.8, 4) is 0 Å². The van der Waals surface area contributed by atoms with Crippen molar-refractivity contribution in [2.75, 3.05) is 6.54 Å². The number of carbonyl (C=O) groups is 1. The summed E-state index contributed by atoms with van der Waals surface area (Å²) in [6.45, 7) is 2.80. The minimum atomic E-state index is -0.457. The first-order valence-corrected chi connectivity index (χ1v) is 11.0. The van der Waals surface area contributed by atoms with Crippen LogP contribution in [0.5, 0.6) is 0 Å². The third kappa shape index (κ3) is 3.30. The Morgan fingerprint density at radius 2 is 1.80 bits per heavy atom. The third-order valence-corrected chi connectivity index (χ3v) is 7.79. The van der Waals surface area contributed by atoms with Crippen LogP contribution in [0.15, 0.2) is 48.5 Å². The Morgan fingerprint density at radius 3 is 2.47 bits per heavy atom. The van der Waals surface area contributed by atoms with Gasteiger partial charge in [0.2, 0.25) is 0 Å². The number of aryl methyl sites for hydroxylation is 1. The minimum absolute atomic E-state index is 0.0456. The molecule has 5 heteroatoms. The van der Waals surface area contributed by atoms with Gasteiger partial charge in [-0.25, -0.2) is 0 Å². The van der Waals surface area contributed by atoms with Gasteiger partial charge in [0.05, 0.1) is 4.92 Å². The van der Waals surface area contributed by atoms with Crippen molar-refractivity contribution in [3.05, 3.63) is 75.3 Å². The first-order valence-electron chi connectivity index (χ1n) is 11.0. The molecule has 0 heterocycles. The van der Waals surface area contributed by atoms with Crippen LogP contribution >= 0.6 is 0 Å². The lowest BCUT2D eigenvalue weighted by Crippen LogP contribution is -2.57. The lowest BCUT2D eigenvalue weighted by atomic mass is 9.43. The standard InChI is InChI=1S/C25H28N2O3/c1-17-5-7-21(8-6-17)25-13-18-9-19(14-25)12-24(11-18,15-25)16-26-23(28)20-3-2-4-22(10-20)27(29)30/h2-8,10,18-19H,9,11-16H2,1H3,(H,26,28)/t18-,19+,24?,25?. The number of benzene rings is 2. The molecule has 0 saturated heterocycles. The van der Waals surface area contributed by atoms with E-state index in [1.54, 1.807) is 12.1 Å². The Morgan fingerprint density at radius 1 is 1.10 bits per heavy atom. The molecule has 4 fully saturated rings. The first-order chi connectivity index (χ1) is 14.4. The Labute approximate surface area is 177 Å². The van der Waals surface area contributed by atoms with Gasteiger partial charge in [0.15, 0.2) is 0 Å². The number of hydrogen-bond donors (Lipinski definition) is 1. The van der Waals surface area contributed by atoms with E-state index in [1.807, 2.05) is 0 Å². The lowest BCUT2D eigenvalue weighted by Gasteiger charge is -2.62. The Balaban J connectivity index is 1.36. The largest absolute Gasteiger partial charge is 0.351 e. The molecule has 156 valence electrons. The van der Waals surface area contributed by atoms with E-state index in [0.29, 0.717) is 12.1 Å². The van der Waals surface area contributed by atoms with Crippen LogP contribution in [0.4, 0.5) is 5.69 Å². The maximum atomic E-state index is 12.8. The molecule has 1 amide bonds. The van der Waals surface area contributed by atoms with Gasteiger partial charge < -0.3 is 5.32 Å². The van der Waals surface area contributed by atoms with Gasteiger partial charge in [-0.3, -0.25) is 14.9 Å². The van der Waals surface area contributed by atoms with Crippen LogP contribution in [0.3, 0.4) is 0 Å². The van der Waals surface area contributed by atoms with Crippen LogP contribution < -0.4 is 5.32 Å². The SMILES string of the molecule is Cc1ccc(C23C[C@@H]4C[C@@H](CC(CNC(=O)c5cccc([N+](=O)[O-])c5)(C4)C2)C3)cc1. The van der Waals surface area contributed by atoms with E-state index in [1.165, 1.54) is 55.4 Å². The number of nitro groups is 1. The number of non-ortho nitro benzene ring substituents is 1. The molecule has 2 aromatic rings. The average molecular weight is 405 g/mol. The summed E-state index contributed by atoms with van der Waals surface area (Å²) in [7, 11) is 0. The zero-order chi connectivity index (χ0) is 20.9. The number of carbonyl (C=O) groups excluding carboxylic acids is 1. The molecule has 4 atom stereocenters. The van der Waals surface area contributed by atoms with E-state index in [-0.39, 0.29) is 22.4 Å². The molecule has 0 spiro atoms. The van der Waals surface area contributed by atoms with Crippen LogP contribution in [0, 0.1) is 34.3 Å². The third-order valence-electron chi connectivity index (χ3n) is 7.79. The van der Waals surface area contributed by atoms with Gasteiger partial charge in [-0.1, -0.05) is 35.9 Å². The van der Waals surface area contributed by atoms with Crippen molar-refractivity contribution >= 4 is 11.6 Å². The summed E-state index contributed by atoms with van der Waals surface area (Å²) in [6, 6.07) is 15.1. The molecular formula is C25H28N2O3. The fraction of sp³-hybridized carbons (Fsp3) is 0.480. The molecule has 1 N–H and O–H groups in total. The summed E-state index contributed by atoms with van der Waals surface area (Å²) in [4.78, 5) is 23.3. The smallest absolute Gasteiger partial charge is 0.270 e. The number of nitrogens with one attached hydrogen (secondary N) is 1. The molecule has 2 aromatic carbocycles. The highest BCUT2D eigenvalue weighted by atomic mass is 16.6. The quantitative estimate of drug-likeness (QED) is 0.552. The van der Waals surface area contributed by atoms with Gasteiger partial charge >= 0.3 is 0 Å². The molecule has 4 aliphatic carbocycles. The molecule has 2 unspecified atom stereocenters. The van der Waals surface area contributed by atoms with Crippen LogP contribution in [0.2, 0.25) is 0 Å². The predicted molar refractivity (Wildman–Crippen MR) is 115 cm³/mol. The number of amides is 1. The maximum Gasteiger partial charge on any atom is 0.270 e. The molecule has 5 nitrogen and oxygen atoms in total. The minimum Gasteiger partial charge on any atom is -0.351 e. The van der Waals surface area contributed by atoms with Crippen molar-refractivity contribution in [2.24, 2.45) is 17.3 Å². The van der Waals surface area contributed by atoms with Gasteiger partial charge in [-0.05, 0) is 79.7 Å². The Hall–Kier alpha value is -2.69. The maximum absolute atomic E-state index is 12.8. The van der Waals surface area contributed by atoms with E-state index in [4.69, 9.17) is 0 Å². The van der Waals surface area contributed by atoms with Crippen molar-refractivity contribution in [1.82, 2.24) is 5.32 Å². The molecule has 30 heavy (non-hydrogen) atoms. The molecule has 0 aliphatic heterocycles. The highest BCUT2D eigenvalue weighted by molar-refractivity contribution is 5.94. The van der Waals surface area contributed by atoms with Gasteiger partial charge in [0.1, 0.15) is 0 Å². The monoisotopic (exact) mass is 404 g/mol. The topological polar surface area (TPSA) is 72.2 Å². The van der Waals surface area contributed by atoms with Crippen LogP contribution in [-0.2, 0) is 5.41 Å². The Bertz CT molecular complexity index is 984. The average Bonchev–Trinajstić information content (AvgIpc) is 2.71. The van der Waals surface area contributed by atoms with Crippen molar-refractivity contribution in [1.29, 1.82) is 0 Å². The summed E-state index contributed by atoms with van der Waals surface area (Å²) >= 11 is 0. The fourth-order valence-corrected chi connectivity index (χ4v) is 7.03. The molecule has 4 bridgehead atoms. The van der Waals surface area contributed by atoms with Crippen molar-refractivity contribution in [2.45, 2.75) is 50.9 Å². The van der Waals surface area contributed by atoms with Crippen LogP contribution in [0.1, 0.15) is 60.0 Å². The second-order valence-electron chi connectivity index (χ2n) is 10.1. The molecule has 0 radical (unpaired) electrons. The number of nitro benzene ring substituents is 1. The van der Waals surface area contributed by atoms with E-state index in [9.17, 15) is 14.9 Å². The number of rotatable bonds is 5. The normalized spacial score (nSPS) is 31.5. The Kier molecular flexibility index (Phi) is 4.46. The molecule has 6 rings (SSSR count). The lowest BCUT2D eigenvalue weighted by molar-refractivity contribution is -0.384. The van der Waals surface area contributed by atoms with E-state index < -0.39 is 4.92 Å². The fourth-order valence-electron chi connectivity index (χ4n) is 7.03. The van der Waals surface area contributed by atoms with Crippen molar-refractivity contribution < 1.29 is 9.72 Å². The van der Waals surface area contributed by atoms with E-state index >= 15 is 0 Å². The molecule has 4 aliphatic rings. The summed E-state index contributed by atoms with van der Waals surface area (Å²) in [6.07, 6.45) is 7.37. The first kappa shape index (κ1) is 19.3. The molecular weight excluding hydrogens is 376 g/mol. The summed E-state index contributed by atoms with van der Waals surface area (Å²) in [5.74, 6) is 1.27. The predicted octanol–water partition coefficient (Wildman–Crippen LogP) is 5.17. The van der Waals surface area contributed by atoms with Crippen molar-refractivity contribution in [3.63, 3.8) is 0 Å². The molecule has 0 aromatic heterocycles. The summed E-state index contributed by atoms with van der Waals surface area (Å²) in [5.41, 5.74) is 3.47. The van der Waals surface area contributed by atoms with Gasteiger partial charge in [-0.2, -0.15) is 0 Å². The number of hydrogen-bond acceptors (Lipinski definition) is 3. The zero-order valence-electron chi connectivity index (χ0n) is 17.4. The highest BCUT2D eigenvalue weighted by Gasteiger charge is 2.58.